The molecule has 9 heteroatoms. The van der Waals surface area contributed by atoms with Crippen LogP contribution < -0.4 is 10.9 Å². The second kappa shape index (κ2) is 7.88. The van der Waals surface area contributed by atoms with Gasteiger partial charge in [0, 0.05) is 40.3 Å². The van der Waals surface area contributed by atoms with Crippen LogP contribution in [0.25, 0.3) is 10.9 Å². The Morgan fingerprint density at radius 2 is 2.19 bits per heavy atom. The predicted molar refractivity (Wildman–Crippen MR) is 107 cm³/mol. The second-order valence-electron chi connectivity index (χ2n) is 5.95. The standard InChI is InChI=1S/C18H16ClN5O2S/c1-23-4-3-13(8-17(23)26)21-16(25)10-24(2)27-15-7-12(19)5-11-6-14(9-20)22-18(11)15/h3-8,22H,10H2,1-2H3,(H,21,25). The SMILES string of the molecule is CN(CC(=O)Nc1ccn(C)c(=O)c1)Sc1cc(Cl)cc2cc(C#N)[nH]c12. The van der Waals surface area contributed by atoms with E-state index in [9.17, 15) is 9.59 Å². The molecule has 0 aliphatic rings. The molecular formula is C18H16ClN5O2S. The van der Waals surface area contributed by atoms with Gasteiger partial charge in [0.2, 0.25) is 5.91 Å². The number of aromatic nitrogens is 2. The number of carbonyl (C=O) groups is 1. The molecule has 0 aliphatic heterocycles. The highest BCUT2D eigenvalue weighted by atomic mass is 35.5. The number of nitrogens with one attached hydrogen (secondary N) is 2. The van der Waals surface area contributed by atoms with E-state index in [-0.39, 0.29) is 18.0 Å². The molecule has 7 nitrogen and oxygen atoms in total. The van der Waals surface area contributed by atoms with Gasteiger partial charge in [-0.25, -0.2) is 4.31 Å². The normalized spacial score (nSPS) is 10.9. The minimum absolute atomic E-state index is 0.0969. The van der Waals surface area contributed by atoms with Gasteiger partial charge in [0.25, 0.3) is 5.56 Å². The molecule has 0 saturated heterocycles. The molecule has 0 saturated carbocycles. The van der Waals surface area contributed by atoms with Gasteiger partial charge < -0.3 is 14.9 Å². The van der Waals surface area contributed by atoms with E-state index in [1.54, 1.807) is 48.9 Å². The fraction of sp³-hybridized carbons (Fsp3) is 0.167. The molecule has 0 fully saturated rings. The molecular weight excluding hydrogens is 386 g/mol. The lowest BCUT2D eigenvalue weighted by Crippen LogP contribution is -2.26. The predicted octanol–water partition coefficient (Wildman–Crippen LogP) is 2.97. The Balaban J connectivity index is 1.71. The molecule has 3 rings (SSSR count). The van der Waals surface area contributed by atoms with Crippen LogP contribution in [-0.2, 0) is 11.8 Å². The van der Waals surface area contributed by atoms with Crippen molar-refractivity contribution in [2.24, 2.45) is 7.05 Å². The van der Waals surface area contributed by atoms with Crippen molar-refractivity contribution in [2.45, 2.75) is 4.90 Å². The molecule has 2 aromatic heterocycles. The highest BCUT2D eigenvalue weighted by Crippen LogP contribution is 2.32. The van der Waals surface area contributed by atoms with Crippen molar-refractivity contribution in [1.82, 2.24) is 13.9 Å². The van der Waals surface area contributed by atoms with E-state index in [0.29, 0.717) is 16.4 Å². The van der Waals surface area contributed by atoms with E-state index in [1.807, 2.05) is 0 Å². The van der Waals surface area contributed by atoms with Gasteiger partial charge >= 0.3 is 0 Å². The molecule has 3 aromatic rings. The highest BCUT2D eigenvalue weighted by molar-refractivity contribution is 7.97. The molecule has 0 aliphatic carbocycles. The first-order valence-electron chi connectivity index (χ1n) is 7.93. The van der Waals surface area contributed by atoms with E-state index in [2.05, 4.69) is 16.4 Å². The van der Waals surface area contributed by atoms with Crippen molar-refractivity contribution in [3.05, 3.63) is 57.6 Å². The van der Waals surface area contributed by atoms with Crippen LogP contribution >= 0.6 is 23.5 Å². The first-order chi connectivity index (χ1) is 12.9. The summed E-state index contributed by atoms with van der Waals surface area (Å²) in [5, 5.41) is 13.2. The van der Waals surface area contributed by atoms with Crippen LogP contribution in [0.2, 0.25) is 5.02 Å². The largest absolute Gasteiger partial charge is 0.345 e. The monoisotopic (exact) mass is 401 g/mol. The lowest BCUT2D eigenvalue weighted by molar-refractivity contribution is -0.116. The lowest BCUT2D eigenvalue weighted by atomic mass is 10.2. The highest BCUT2D eigenvalue weighted by Gasteiger charge is 2.13. The average molecular weight is 402 g/mol. The minimum Gasteiger partial charge on any atom is -0.345 e. The molecule has 0 atom stereocenters. The number of aromatic amines is 1. The summed E-state index contributed by atoms with van der Waals surface area (Å²) in [5.74, 6) is -0.249. The average Bonchev–Trinajstić information content (AvgIpc) is 3.01. The third-order valence-corrected chi connectivity index (χ3v) is 4.96. The summed E-state index contributed by atoms with van der Waals surface area (Å²) in [6, 6.07) is 10.4. The molecule has 1 amide bonds. The zero-order valence-electron chi connectivity index (χ0n) is 14.6. The number of nitriles is 1. The van der Waals surface area contributed by atoms with Gasteiger partial charge in [0.1, 0.15) is 11.8 Å². The summed E-state index contributed by atoms with van der Waals surface area (Å²) >= 11 is 7.50. The summed E-state index contributed by atoms with van der Waals surface area (Å²) in [5.41, 5.74) is 1.49. The fourth-order valence-corrected chi connectivity index (χ4v) is 3.79. The molecule has 0 bridgehead atoms. The number of likely N-dealkylation sites (N-methyl/N-ethyl adjacent to an activating group) is 1. The minimum atomic E-state index is -0.249. The van der Waals surface area contributed by atoms with Crippen molar-refractivity contribution in [2.75, 3.05) is 18.9 Å². The summed E-state index contributed by atoms with van der Waals surface area (Å²) in [6.45, 7) is 0.0969. The fourth-order valence-electron chi connectivity index (χ4n) is 2.54. The summed E-state index contributed by atoms with van der Waals surface area (Å²) in [7, 11) is 3.41. The van der Waals surface area contributed by atoms with Gasteiger partial charge in [0.15, 0.2) is 0 Å². The Kier molecular flexibility index (Phi) is 5.56. The van der Waals surface area contributed by atoms with E-state index in [0.717, 1.165) is 15.8 Å². The number of amides is 1. The molecule has 0 radical (unpaired) electrons. The van der Waals surface area contributed by atoms with Crippen LogP contribution in [0.15, 0.2) is 46.2 Å². The smallest absolute Gasteiger partial charge is 0.252 e. The number of hydrogen-bond donors (Lipinski definition) is 2. The molecule has 2 heterocycles. The van der Waals surface area contributed by atoms with Gasteiger partial charge in [-0.05, 0) is 43.3 Å². The molecule has 0 spiro atoms. The van der Waals surface area contributed by atoms with Crippen molar-refractivity contribution >= 4 is 46.0 Å². The van der Waals surface area contributed by atoms with Crippen molar-refractivity contribution < 1.29 is 4.79 Å². The van der Waals surface area contributed by atoms with Crippen molar-refractivity contribution in [3.8, 4) is 6.07 Å². The zero-order chi connectivity index (χ0) is 19.6. The van der Waals surface area contributed by atoms with Gasteiger partial charge in [-0.2, -0.15) is 5.26 Å². The number of rotatable bonds is 5. The quantitative estimate of drug-likeness (QED) is 0.641. The summed E-state index contributed by atoms with van der Waals surface area (Å²) in [6.07, 6.45) is 1.59. The molecule has 138 valence electrons. The summed E-state index contributed by atoms with van der Waals surface area (Å²) < 4.78 is 3.17. The molecule has 1 aromatic carbocycles. The van der Waals surface area contributed by atoms with Gasteiger partial charge in [-0.1, -0.05) is 11.6 Å². The van der Waals surface area contributed by atoms with Gasteiger partial charge in [-0.15, -0.1) is 0 Å². The Hall–Kier alpha value is -2.73. The molecule has 2 N–H and O–H groups in total. The maximum Gasteiger partial charge on any atom is 0.252 e. The van der Waals surface area contributed by atoms with E-state index in [4.69, 9.17) is 16.9 Å². The van der Waals surface area contributed by atoms with Crippen molar-refractivity contribution in [3.63, 3.8) is 0 Å². The van der Waals surface area contributed by atoms with Crippen LogP contribution in [0.5, 0.6) is 0 Å². The van der Waals surface area contributed by atoms with Gasteiger partial charge in [0.05, 0.1) is 12.1 Å². The maximum atomic E-state index is 12.2. The third-order valence-electron chi connectivity index (χ3n) is 3.79. The number of pyridine rings is 1. The lowest BCUT2D eigenvalue weighted by Gasteiger charge is -2.16. The number of carbonyl (C=O) groups excluding carboxylic acids is 1. The number of halogens is 1. The number of H-pyrrole nitrogens is 1. The van der Waals surface area contributed by atoms with Crippen LogP contribution in [0.1, 0.15) is 5.69 Å². The topological polar surface area (TPSA) is 93.9 Å². The van der Waals surface area contributed by atoms with Crippen LogP contribution in [0.4, 0.5) is 5.69 Å². The maximum absolute atomic E-state index is 12.2. The van der Waals surface area contributed by atoms with Crippen LogP contribution in [-0.4, -0.2) is 33.4 Å². The first-order valence-corrected chi connectivity index (χ1v) is 9.09. The van der Waals surface area contributed by atoms with Crippen molar-refractivity contribution in [1.29, 1.82) is 5.26 Å². The number of anilines is 1. The Morgan fingerprint density at radius 1 is 1.41 bits per heavy atom. The number of aryl methyl sites for hydroxylation is 1. The van der Waals surface area contributed by atoms with Crippen LogP contribution in [0.3, 0.4) is 0 Å². The zero-order valence-corrected chi connectivity index (χ0v) is 16.2. The summed E-state index contributed by atoms with van der Waals surface area (Å²) in [4.78, 5) is 27.7. The Morgan fingerprint density at radius 3 is 2.89 bits per heavy atom. The first kappa shape index (κ1) is 19.0. The second-order valence-corrected chi connectivity index (χ2v) is 7.64. The van der Waals surface area contributed by atoms with E-state index in [1.165, 1.54) is 22.6 Å². The Bertz CT molecular complexity index is 1120. The number of nitrogens with zero attached hydrogens (tertiary/aromatic N) is 3. The third kappa shape index (κ3) is 4.52. The van der Waals surface area contributed by atoms with E-state index < -0.39 is 0 Å². The molecule has 27 heavy (non-hydrogen) atoms. The number of hydrogen-bond acceptors (Lipinski definition) is 5. The van der Waals surface area contributed by atoms with Gasteiger partial charge in [-0.3, -0.25) is 9.59 Å². The Labute approximate surface area is 164 Å². The van der Waals surface area contributed by atoms with E-state index >= 15 is 0 Å². The molecule has 0 unspecified atom stereocenters. The number of benzene rings is 1. The van der Waals surface area contributed by atoms with Crippen LogP contribution in [0, 0.1) is 11.3 Å². The number of fused-ring (bicyclic) bond motifs is 1.